The number of anilines is 2. The van der Waals surface area contributed by atoms with Gasteiger partial charge in [-0.3, -0.25) is 9.40 Å². The Kier molecular flexibility index (Phi) is 4.52. The SMILES string of the molecule is Cn1ccc(S(=O)(=O)Nc2ccnc3c2c(-c2ccc4c(c2)N(CC2CC2)CC4)cn3C)n1. The number of sulfonamides is 1. The van der Waals surface area contributed by atoms with Crippen molar-refractivity contribution in [3.05, 3.63) is 54.5 Å². The normalized spacial score (nSPS) is 15.9. The molecule has 33 heavy (non-hydrogen) atoms. The van der Waals surface area contributed by atoms with Gasteiger partial charge in [0.2, 0.25) is 0 Å². The lowest BCUT2D eigenvalue weighted by Crippen LogP contribution is -2.22. The molecule has 0 radical (unpaired) electrons. The third-order valence-electron chi connectivity index (χ3n) is 6.63. The molecular formula is C24H26N6O2S. The lowest BCUT2D eigenvalue weighted by Gasteiger charge is -2.19. The van der Waals surface area contributed by atoms with Crippen LogP contribution in [0.15, 0.2) is 53.9 Å². The maximum Gasteiger partial charge on any atom is 0.281 e. The van der Waals surface area contributed by atoms with E-state index >= 15 is 0 Å². The topological polar surface area (TPSA) is 85.0 Å². The highest BCUT2D eigenvalue weighted by Gasteiger charge is 2.28. The first-order valence-corrected chi connectivity index (χ1v) is 12.7. The van der Waals surface area contributed by atoms with E-state index in [-0.39, 0.29) is 5.03 Å². The molecule has 1 aliphatic carbocycles. The van der Waals surface area contributed by atoms with E-state index in [2.05, 4.69) is 37.9 Å². The molecule has 0 bridgehead atoms. The van der Waals surface area contributed by atoms with Crippen LogP contribution in [0.3, 0.4) is 0 Å². The minimum Gasteiger partial charge on any atom is -0.371 e. The Balaban J connectivity index is 1.44. The lowest BCUT2D eigenvalue weighted by atomic mass is 10.0. The van der Waals surface area contributed by atoms with Crippen molar-refractivity contribution in [1.29, 1.82) is 0 Å². The van der Waals surface area contributed by atoms with Gasteiger partial charge in [0.05, 0.1) is 11.1 Å². The Morgan fingerprint density at radius 2 is 2.00 bits per heavy atom. The largest absolute Gasteiger partial charge is 0.371 e. The molecule has 4 aromatic rings. The van der Waals surface area contributed by atoms with E-state index in [1.54, 1.807) is 25.5 Å². The summed E-state index contributed by atoms with van der Waals surface area (Å²) < 4.78 is 32.2. The predicted octanol–water partition coefficient (Wildman–Crippen LogP) is 3.55. The fourth-order valence-electron chi connectivity index (χ4n) is 4.76. The third-order valence-corrected chi connectivity index (χ3v) is 7.89. The molecule has 0 atom stereocenters. The van der Waals surface area contributed by atoms with Gasteiger partial charge in [-0.05, 0) is 54.5 Å². The van der Waals surface area contributed by atoms with Gasteiger partial charge in [-0.15, -0.1) is 0 Å². The molecule has 2 aliphatic rings. The van der Waals surface area contributed by atoms with Gasteiger partial charge >= 0.3 is 0 Å². The monoisotopic (exact) mass is 462 g/mol. The van der Waals surface area contributed by atoms with Gasteiger partial charge in [-0.1, -0.05) is 12.1 Å². The van der Waals surface area contributed by atoms with Crippen LogP contribution in [0.5, 0.6) is 0 Å². The van der Waals surface area contributed by atoms with Gasteiger partial charge < -0.3 is 9.47 Å². The number of benzene rings is 1. The Morgan fingerprint density at radius 3 is 2.76 bits per heavy atom. The van der Waals surface area contributed by atoms with Crippen molar-refractivity contribution in [2.24, 2.45) is 20.0 Å². The fourth-order valence-corrected chi connectivity index (χ4v) is 5.80. The van der Waals surface area contributed by atoms with Crippen molar-refractivity contribution in [3.8, 4) is 11.1 Å². The second-order valence-corrected chi connectivity index (χ2v) is 10.8. The van der Waals surface area contributed by atoms with Gasteiger partial charge in [-0.25, -0.2) is 4.98 Å². The summed E-state index contributed by atoms with van der Waals surface area (Å²) in [7, 11) is -0.199. The molecule has 0 amide bonds. The number of fused-ring (bicyclic) bond motifs is 2. The van der Waals surface area contributed by atoms with Gasteiger partial charge in [0.1, 0.15) is 5.65 Å². The molecule has 1 fully saturated rings. The number of aryl methyl sites for hydroxylation is 2. The molecule has 170 valence electrons. The van der Waals surface area contributed by atoms with E-state index in [0.29, 0.717) is 5.69 Å². The summed E-state index contributed by atoms with van der Waals surface area (Å²) >= 11 is 0. The van der Waals surface area contributed by atoms with Crippen molar-refractivity contribution < 1.29 is 8.42 Å². The summed E-state index contributed by atoms with van der Waals surface area (Å²) in [6, 6.07) is 9.80. The molecule has 9 heteroatoms. The summed E-state index contributed by atoms with van der Waals surface area (Å²) in [5.74, 6) is 0.828. The van der Waals surface area contributed by atoms with Crippen molar-refractivity contribution in [3.63, 3.8) is 0 Å². The molecule has 3 aromatic heterocycles. The minimum absolute atomic E-state index is 0.0132. The number of hydrogen-bond acceptors (Lipinski definition) is 5. The summed E-state index contributed by atoms with van der Waals surface area (Å²) in [5, 5.41) is 4.83. The highest BCUT2D eigenvalue weighted by molar-refractivity contribution is 7.92. The Hall–Kier alpha value is -3.33. The summed E-state index contributed by atoms with van der Waals surface area (Å²) in [5.41, 5.74) is 5.93. The lowest BCUT2D eigenvalue weighted by molar-refractivity contribution is 0.593. The smallest absolute Gasteiger partial charge is 0.281 e. The Bertz CT molecular complexity index is 1480. The predicted molar refractivity (Wildman–Crippen MR) is 129 cm³/mol. The van der Waals surface area contributed by atoms with Crippen LogP contribution in [0, 0.1) is 5.92 Å². The second-order valence-electron chi connectivity index (χ2n) is 9.13. The van der Waals surface area contributed by atoms with Crippen molar-refractivity contribution in [2.45, 2.75) is 24.3 Å². The first kappa shape index (κ1) is 20.3. The Labute approximate surface area is 192 Å². The standard InChI is InChI=1S/C24H26N6O2S/c1-28-15-19(18-6-5-17-8-12-30(21(17)13-18)14-16-3-4-16)23-20(7-10-25-24(23)28)27-33(31,32)22-9-11-29(2)26-22/h5-7,9-11,13,15-16H,3-4,8,12,14H2,1-2H3,(H,25,27). The molecule has 8 nitrogen and oxygen atoms in total. The maximum absolute atomic E-state index is 13.0. The van der Waals surface area contributed by atoms with Crippen LogP contribution < -0.4 is 9.62 Å². The molecule has 1 aliphatic heterocycles. The Morgan fingerprint density at radius 1 is 1.15 bits per heavy atom. The van der Waals surface area contributed by atoms with Crippen LogP contribution in [-0.2, 0) is 30.5 Å². The molecule has 1 aromatic carbocycles. The number of nitrogens with one attached hydrogen (secondary N) is 1. The van der Waals surface area contributed by atoms with Crippen LogP contribution >= 0.6 is 0 Å². The molecule has 6 rings (SSSR count). The van der Waals surface area contributed by atoms with E-state index in [1.165, 1.54) is 34.8 Å². The first-order chi connectivity index (χ1) is 15.9. The summed E-state index contributed by atoms with van der Waals surface area (Å²) in [4.78, 5) is 7.03. The number of rotatable bonds is 6. The zero-order chi connectivity index (χ0) is 22.7. The zero-order valence-corrected chi connectivity index (χ0v) is 19.5. The highest BCUT2D eigenvalue weighted by Crippen LogP contribution is 2.40. The van der Waals surface area contributed by atoms with E-state index < -0.39 is 10.0 Å². The van der Waals surface area contributed by atoms with Crippen molar-refractivity contribution in [1.82, 2.24) is 19.3 Å². The van der Waals surface area contributed by atoms with Gasteiger partial charge in [0, 0.05) is 57.0 Å². The molecule has 1 N–H and O–H groups in total. The van der Waals surface area contributed by atoms with Crippen LogP contribution in [0.4, 0.5) is 11.4 Å². The van der Waals surface area contributed by atoms with Crippen LogP contribution in [-0.4, -0.2) is 40.8 Å². The third kappa shape index (κ3) is 3.56. The van der Waals surface area contributed by atoms with Crippen LogP contribution in [0.1, 0.15) is 18.4 Å². The average molecular weight is 463 g/mol. The van der Waals surface area contributed by atoms with Crippen LogP contribution in [0.25, 0.3) is 22.2 Å². The van der Waals surface area contributed by atoms with Crippen molar-refractivity contribution >= 4 is 32.4 Å². The average Bonchev–Trinajstić information content (AvgIpc) is 3.18. The van der Waals surface area contributed by atoms with Crippen molar-refractivity contribution in [2.75, 3.05) is 22.7 Å². The second kappa shape index (κ2) is 7.34. The zero-order valence-electron chi connectivity index (χ0n) is 18.7. The molecule has 1 saturated carbocycles. The molecule has 4 heterocycles. The quantitative estimate of drug-likeness (QED) is 0.474. The molecule has 0 saturated heterocycles. The highest BCUT2D eigenvalue weighted by atomic mass is 32.2. The molecular weight excluding hydrogens is 436 g/mol. The van der Waals surface area contributed by atoms with E-state index in [9.17, 15) is 8.42 Å². The number of pyridine rings is 1. The molecule has 0 spiro atoms. The van der Waals surface area contributed by atoms with Crippen LogP contribution in [0.2, 0.25) is 0 Å². The van der Waals surface area contributed by atoms with E-state index in [1.807, 2.05) is 17.8 Å². The fraction of sp³-hybridized carbons (Fsp3) is 0.333. The van der Waals surface area contributed by atoms with Gasteiger partial charge in [0.25, 0.3) is 10.0 Å². The molecule has 0 unspecified atom stereocenters. The van der Waals surface area contributed by atoms with E-state index in [0.717, 1.165) is 47.6 Å². The summed E-state index contributed by atoms with van der Waals surface area (Å²) in [6.07, 6.45) is 9.01. The minimum atomic E-state index is -3.83. The number of hydrogen-bond donors (Lipinski definition) is 1. The number of aromatic nitrogens is 4. The van der Waals surface area contributed by atoms with Gasteiger partial charge in [-0.2, -0.15) is 13.5 Å². The van der Waals surface area contributed by atoms with Gasteiger partial charge in [0.15, 0.2) is 5.03 Å². The number of nitrogens with zero attached hydrogens (tertiary/aromatic N) is 5. The summed E-state index contributed by atoms with van der Waals surface area (Å²) in [6.45, 7) is 2.20. The first-order valence-electron chi connectivity index (χ1n) is 11.2. The van der Waals surface area contributed by atoms with E-state index in [4.69, 9.17) is 0 Å². The maximum atomic E-state index is 13.0.